The van der Waals surface area contributed by atoms with Gasteiger partial charge in [0.1, 0.15) is 24.6 Å². The van der Waals surface area contributed by atoms with E-state index in [1.54, 1.807) is 14.2 Å². The van der Waals surface area contributed by atoms with E-state index < -0.39 is 5.60 Å². The number of methoxy groups -OCH3 is 2. The molecule has 1 unspecified atom stereocenters. The van der Waals surface area contributed by atoms with Gasteiger partial charge in [-0.25, -0.2) is 0 Å². The first-order chi connectivity index (χ1) is 7.23. The van der Waals surface area contributed by atoms with Crippen molar-refractivity contribution in [3.63, 3.8) is 0 Å². The Kier molecular flexibility index (Phi) is 3.27. The smallest absolute Gasteiger partial charge is 0.147 e. The lowest BCUT2D eigenvalue weighted by Gasteiger charge is -2.31. The van der Waals surface area contributed by atoms with Crippen molar-refractivity contribution >= 4 is 0 Å². The van der Waals surface area contributed by atoms with Crippen LogP contribution in [0.3, 0.4) is 0 Å². The van der Waals surface area contributed by atoms with Crippen molar-refractivity contribution < 1.29 is 23.7 Å². The molecule has 88 valence electrons. The molecule has 5 heteroatoms. The van der Waals surface area contributed by atoms with Crippen molar-refractivity contribution in [3.05, 3.63) is 0 Å². The zero-order valence-electron chi connectivity index (χ0n) is 9.39. The summed E-state index contributed by atoms with van der Waals surface area (Å²) in [5.74, 6) is 0. The molecular weight excluding hydrogens is 200 g/mol. The molecule has 5 nitrogen and oxygen atoms in total. The minimum Gasteiger partial charge on any atom is -0.381 e. The van der Waals surface area contributed by atoms with Gasteiger partial charge in [-0.3, -0.25) is 0 Å². The Morgan fingerprint density at radius 1 is 1.40 bits per heavy atom. The van der Waals surface area contributed by atoms with E-state index in [1.165, 1.54) is 0 Å². The van der Waals surface area contributed by atoms with Crippen molar-refractivity contribution in [2.24, 2.45) is 0 Å². The molecule has 2 aliphatic heterocycles. The Balaban J connectivity index is 2.23. The van der Waals surface area contributed by atoms with E-state index in [0.717, 1.165) is 0 Å². The summed E-state index contributed by atoms with van der Waals surface area (Å²) in [6.45, 7) is 3.18. The van der Waals surface area contributed by atoms with Crippen LogP contribution in [0.2, 0.25) is 0 Å². The molecular formula is C10H18O5. The lowest BCUT2D eigenvalue weighted by atomic mass is 9.96. The molecule has 2 bridgehead atoms. The highest BCUT2D eigenvalue weighted by Crippen LogP contribution is 2.37. The van der Waals surface area contributed by atoms with E-state index in [9.17, 15) is 0 Å². The first kappa shape index (κ1) is 11.3. The predicted molar refractivity (Wildman–Crippen MR) is 51.6 cm³/mol. The largest absolute Gasteiger partial charge is 0.381 e. The van der Waals surface area contributed by atoms with Crippen molar-refractivity contribution in [2.45, 2.75) is 30.8 Å². The number of rotatable bonds is 3. The maximum atomic E-state index is 5.90. The molecule has 2 fully saturated rings. The van der Waals surface area contributed by atoms with Gasteiger partial charge in [-0.2, -0.15) is 0 Å². The van der Waals surface area contributed by atoms with Gasteiger partial charge in [-0.05, 0) is 6.92 Å². The summed E-state index contributed by atoms with van der Waals surface area (Å²) in [6, 6.07) is 0. The molecule has 0 N–H and O–H groups in total. The van der Waals surface area contributed by atoms with Crippen molar-refractivity contribution in [1.29, 1.82) is 0 Å². The maximum Gasteiger partial charge on any atom is 0.147 e. The van der Waals surface area contributed by atoms with Crippen molar-refractivity contribution in [2.75, 3.05) is 34.2 Å². The molecule has 2 saturated heterocycles. The Hall–Kier alpha value is -0.200. The summed E-state index contributed by atoms with van der Waals surface area (Å²) in [7, 11) is 3.31. The molecule has 2 aliphatic rings. The molecule has 15 heavy (non-hydrogen) atoms. The van der Waals surface area contributed by atoms with Crippen LogP contribution >= 0.6 is 0 Å². The fourth-order valence-electron chi connectivity index (χ4n) is 2.48. The average Bonchev–Trinajstić information content (AvgIpc) is 2.35. The van der Waals surface area contributed by atoms with Gasteiger partial charge < -0.3 is 23.7 Å². The van der Waals surface area contributed by atoms with Crippen molar-refractivity contribution in [1.82, 2.24) is 0 Å². The third-order valence-corrected chi connectivity index (χ3v) is 3.03. The maximum absolute atomic E-state index is 5.90. The topological polar surface area (TPSA) is 46.2 Å². The lowest BCUT2D eigenvalue weighted by molar-refractivity contribution is -0.179. The molecule has 4 atom stereocenters. The summed E-state index contributed by atoms with van der Waals surface area (Å²) < 4.78 is 27.5. The highest BCUT2D eigenvalue weighted by atomic mass is 16.7. The van der Waals surface area contributed by atoms with E-state index >= 15 is 0 Å². The van der Waals surface area contributed by atoms with E-state index in [0.29, 0.717) is 20.0 Å². The Labute approximate surface area is 89.6 Å². The van der Waals surface area contributed by atoms with Gasteiger partial charge in [0.25, 0.3) is 0 Å². The van der Waals surface area contributed by atoms with E-state index in [4.69, 9.17) is 23.7 Å². The third kappa shape index (κ3) is 1.79. The highest BCUT2D eigenvalue weighted by molar-refractivity contribution is 5.03. The molecule has 0 amide bonds. The molecule has 0 aromatic heterocycles. The Bertz CT molecular complexity index is 222. The van der Waals surface area contributed by atoms with Crippen LogP contribution in [0.5, 0.6) is 0 Å². The lowest BCUT2D eigenvalue weighted by Crippen LogP contribution is -2.50. The minimum absolute atomic E-state index is 0.00833. The molecule has 0 aliphatic carbocycles. The molecule has 0 spiro atoms. The number of fused-ring (bicyclic) bond motifs is 2. The van der Waals surface area contributed by atoms with Crippen LogP contribution in [0, 0.1) is 0 Å². The van der Waals surface area contributed by atoms with Crippen LogP contribution in [0.4, 0.5) is 0 Å². The molecule has 0 saturated carbocycles. The summed E-state index contributed by atoms with van der Waals surface area (Å²) in [5.41, 5.74) is -0.524. The van der Waals surface area contributed by atoms with Crippen LogP contribution in [0.15, 0.2) is 0 Å². The summed E-state index contributed by atoms with van der Waals surface area (Å²) in [6.07, 6.45) is -0.198. The second-order valence-electron chi connectivity index (χ2n) is 4.07. The van der Waals surface area contributed by atoms with E-state index in [2.05, 4.69) is 0 Å². The quantitative estimate of drug-likeness (QED) is 0.676. The third-order valence-electron chi connectivity index (χ3n) is 3.03. The first-order valence-electron chi connectivity index (χ1n) is 5.12. The van der Waals surface area contributed by atoms with Crippen LogP contribution in [0.25, 0.3) is 0 Å². The second kappa shape index (κ2) is 4.35. The Morgan fingerprint density at radius 3 is 2.87 bits per heavy atom. The summed E-state index contributed by atoms with van der Waals surface area (Å²) >= 11 is 0. The number of hydrogen-bond donors (Lipinski definition) is 0. The SMILES string of the molecule is COC[C@]12COCO[C@@H](C1OC)[C@H](C)O2. The van der Waals surface area contributed by atoms with Gasteiger partial charge in [0.05, 0.1) is 19.3 Å². The Morgan fingerprint density at radius 2 is 2.20 bits per heavy atom. The van der Waals surface area contributed by atoms with Crippen LogP contribution in [0.1, 0.15) is 6.92 Å². The zero-order chi connectivity index (χ0) is 10.9. The summed E-state index contributed by atoms with van der Waals surface area (Å²) in [5, 5.41) is 0. The highest BCUT2D eigenvalue weighted by Gasteiger charge is 2.56. The van der Waals surface area contributed by atoms with E-state index in [-0.39, 0.29) is 18.3 Å². The van der Waals surface area contributed by atoms with Gasteiger partial charge in [0, 0.05) is 14.2 Å². The number of hydrogen-bond acceptors (Lipinski definition) is 5. The van der Waals surface area contributed by atoms with E-state index in [1.807, 2.05) is 6.92 Å². The van der Waals surface area contributed by atoms with Gasteiger partial charge >= 0.3 is 0 Å². The fraction of sp³-hybridized carbons (Fsp3) is 1.00. The van der Waals surface area contributed by atoms with Crippen LogP contribution in [-0.4, -0.2) is 58.1 Å². The fourth-order valence-corrected chi connectivity index (χ4v) is 2.48. The molecule has 0 radical (unpaired) electrons. The predicted octanol–water partition coefficient (Wildman–Crippen LogP) is 0.178. The first-order valence-corrected chi connectivity index (χ1v) is 5.12. The zero-order valence-corrected chi connectivity index (χ0v) is 9.39. The average molecular weight is 218 g/mol. The van der Waals surface area contributed by atoms with Gasteiger partial charge in [0.15, 0.2) is 0 Å². The second-order valence-corrected chi connectivity index (χ2v) is 4.07. The summed E-state index contributed by atoms with van der Waals surface area (Å²) in [4.78, 5) is 0. The molecule has 0 aromatic carbocycles. The van der Waals surface area contributed by atoms with Crippen LogP contribution < -0.4 is 0 Å². The molecule has 0 aromatic rings. The van der Waals surface area contributed by atoms with Gasteiger partial charge in [-0.15, -0.1) is 0 Å². The normalized spacial score (nSPS) is 45.4. The molecule has 2 rings (SSSR count). The van der Waals surface area contributed by atoms with Gasteiger partial charge in [-0.1, -0.05) is 0 Å². The standard InChI is InChI=1S/C10H18O5/c1-7-8-9(12-3)10(15-7,4-11-2)5-13-6-14-8/h7-9H,4-6H2,1-3H3/t7-,8+,9?,10-/m0/s1. The number of ether oxygens (including phenoxy) is 5. The minimum atomic E-state index is -0.524. The van der Waals surface area contributed by atoms with Crippen molar-refractivity contribution in [3.8, 4) is 0 Å². The van der Waals surface area contributed by atoms with Gasteiger partial charge in [0.2, 0.25) is 0 Å². The molecule has 2 heterocycles. The monoisotopic (exact) mass is 218 g/mol. The van der Waals surface area contributed by atoms with Crippen LogP contribution in [-0.2, 0) is 23.7 Å².